The molecule has 1 fully saturated rings. The van der Waals surface area contributed by atoms with Crippen molar-refractivity contribution in [3.63, 3.8) is 0 Å². The van der Waals surface area contributed by atoms with Crippen molar-refractivity contribution in [2.24, 2.45) is 0 Å². The standard InChI is InChI=1S/C12H16N6O5/c1-2-14-11(21)8-6(19)7(20)12(23-8)17-4-18(22)5-9(13)15-3-16-10(5)17/h3-4,6-8,12,19-20H,2H2,1H3,(H,14,21)(H2,13,15,16)/t6-,7+,8-,12+/m0/s1. The zero-order chi connectivity index (χ0) is 16.7. The van der Waals surface area contributed by atoms with Crippen LogP contribution in [0.1, 0.15) is 13.2 Å². The Morgan fingerprint density at radius 3 is 2.96 bits per heavy atom. The van der Waals surface area contributed by atoms with E-state index in [0.717, 1.165) is 12.7 Å². The molecule has 1 aliphatic rings. The molecule has 11 nitrogen and oxygen atoms in total. The number of anilines is 1. The van der Waals surface area contributed by atoms with E-state index < -0.39 is 30.4 Å². The molecule has 3 rings (SSSR count). The van der Waals surface area contributed by atoms with E-state index in [2.05, 4.69) is 15.3 Å². The van der Waals surface area contributed by atoms with Gasteiger partial charge in [-0.15, -0.1) is 0 Å². The normalized spacial score (nSPS) is 27.4. The molecule has 1 aliphatic heterocycles. The van der Waals surface area contributed by atoms with Gasteiger partial charge in [0.1, 0.15) is 18.5 Å². The Hall–Kier alpha value is -2.50. The lowest BCUT2D eigenvalue weighted by molar-refractivity contribution is -0.578. The molecule has 1 saturated heterocycles. The SMILES string of the molecule is CCNC(=O)[C@H]1O[C@@H](n2c[n+]([O-])c3c(N)ncnc32)[C@H](O)[C@@H]1O. The van der Waals surface area contributed by atoms with Crippen molar-refractivity contribution in [1.82, 2.24) is 19.9 Å². The predicted molar refractivity (Wildman–Crippen MR) is 75.5 cm³/mol. The molecule has 3 heterocycles. The zero-order valence-corrected chi connectivity index (χ0v) is 12.2. The lowest BCUT2D eigenvalue weighted by Crippen LogP contribution is -2.42. The van der Waals surface area contributed by atoms with E-state index in [0.29, 0.717) is 11.3 Å². The van der Waals surface area contributed by atoms with Gasteiger partial charge < -0.3 is 31.2 Å². The van der Waals surface area contributed by atoms with Crippen LogP contribution in [0.4, 0.5) is 5.82 Å². The summed E-state index contributed by atoms with van der Waals surface area (Å²) in [5.74, 6) is -0.584. The molecule has 1 amide bonds. The number of rotatable bonds is 3. The molecule has 2 aromatic rings. The average Bonchev–Trinajstić information content (AvgIpc) is 2.99. The second-order valence-corrected chi connectivity index (χ2v) is 5.10. The summed E-state index contributed by atoms with van der Waals surface area (Å²) in [4.78, 5) is 19.5. The third-order valence-electron chi connectivity index (χ3n) is 3.65. The highest BCUT2D eigenvalue weighted by atomic mass is 16.6. The van der Waals surface area contributed by atoms with Gasteiger partial charge in [0, 0.05) is 6.54 Å². The van der Waals surface area contributed by atoms with Gasteiger partial charge in [0.05, 0.1) is 0 Å². The number of hydrogen-bond donors (Lipinski definition) is 4. The van der Waals surface area contributed by atoms with E-state index in [-0.39, 0.29) is 17.0 Å². The Labute approximate surface area is 129 Å². The highest BCUT2D eigenvalue weighted by Crippen LogP contribution is 2.31. The van der Waals surface area contributed by atoms with Gasteiger partial charge in [0.15, 0.2) is 11.9 Å². The number of aromatic nitrogens is 4. The summed E-state index contributed by atoms with van der Waals surface area (Å²) in [6.07, 6.45) is -3.06. The summed E-state index contributed by atoms with van der Waals surface area (Å²) >= 11 is 0. The van der Waals surface area contributed by atoms with Crippen LogP contribution in [0, 0.1) is 5.21 Å². The number of hydrogen-bond acceptors (Lipinski definition) is 8. The van der Waals surface area contributed by atoms with Crippen molar-refractivity contribution < 1.29 is 24.5 Å². The van der Waals surface area contributed by atoms with E-state index in [9.17, 15) is 20.2 Å². The first kappa shape index (κ1) is 15.4. The van der Waals surface area contributed by atoms with Gasteiger partial charge in [0.2, 0.25) is 11.7 Å². The summed E-state index contributed by atoms with van der Waals surface area (Å²) in [6, 6.07) is 0. The van der Waals surface area contributed by atoms with Crippen LogP contribution < -0.4 is 15.8 Å². The van der Waals surface area contributed by atoms with Gasteiger partial charge in [-0.25, -0.2) is 9.71 Å². The number of nitrogen functional groups attached to an aromatic ring is 1. The number of nitrogens with two attached hydrogens (primary N) is 1. The Kier molecular flexibility index (Phi) is 3.75. The summed E-state index contributed by atoms with van der Waals surface area (Å²) < 4.78 is 7.10. The molecule has 0 bridgehead atoms. The number of imidazole rings is 1. The summed E-state index contributed by atoms with van der Waals surface area (Å²) in [6.45, 7) is 2.07. The van der Waals surface area contributed by atoms with Crippen LogP contribution in [0.3, 0.4) is 0 Å². The van der Waals surface area contributed by atoms with Crippen LogP contribution in [0.15, 0.2) is 12.7 Å². The van der Waals surface area contributed by atoms with E-state index in [4.69, 9.17) is 10.5 Å². The summed E-state index contributed by atoms with van der Waals surface area (Å²) in [5.41, 5.74) is 5.78. The van der Waals surface area contributed by atoms with E-state index in [1.165, 1.54) is 4.57 Å². The third kappa shape index (κ3) is 2.34. The molecule has 124 valence electrons. The van der Waals surface area contributed by atoms with Crippen LogP contribution in [-0.4, -0.2) is 55.5 Å². The van der Waals surface area contributed by atoms with Gasteiger partial charge in [-0.1, -0.05) is 0 Å². The van der Waals surface area contributed by atoms with E-state index in [1.807, 2.05) is 0 Å². The summed E-state index contributed by atoms with van der Waals surface area (Å²) in [5, 5.41) is 34.6. The number of nitrogens with zero attached hydrogens (tertiary/aromatic N) is 4. The second-order valence-electron chi connectivity index (χ2n) is 5.10. The maximum atomic E-state index is 11.9. The van der Waals surface area contributed by atoms with Crippen LogP contribution in [0.2, 0.25) is 0 Å². The molecule has 5 N–H and O–H groups in total. The molecule has 0 unspecified atom stereocenters. The van der Waals surface area contributed by atoms with Crippen molar-refractivity contribution in [3.05, 3.63) is 17.9 Å². The fourth-order valence-corrected chi connectivity index (χ4v) is 2.58. The molecule has 2 aromatic heterocycles. The van der Waals surface area contributed by atoms with Gasteiger partial charge >= 0.3 is 0 Å². The molecular formula is C12H16N6O5. The Morgan fingerprint density at radius 1 is 1.52 bits per heavy atom. The number of carbonyl (C=O) groups excluding carboxylic acids is 1. The van der Waals surface area contributed by atoms with Crippen LogP contribution in [-0.2, 0) is 9.53 Å². The number of carbonyl (C=O) groups is 1. The van der Waals surface area contributed by atoms with Crippen molar-refractivity contribution in [3.8, 4) is 0 Å². The smallest absolute Gasteiger partial charge is 0.276 e. The van der Waals surface area contributed by atoms with Crippen LogP contribution in [0.25, 0.3) is 11.2 Å². The number of nitrogens with one attached hydrogen (secondary N) is 1. The molecular weight excluding hydrogens is 308 g/mol. The fourth-order valence-electron chi connectivity index (χ4n) is 2.58. The average molecular weight is 324 g/mol. The van der Waals surface area contributed by atoms with E-state index in [1.54, 1.807) is 6.92 Å². The number of amides is 1. The number of fused-ring (bicyclic) bond motifs is 1. The molecule has 0 aliphatic carbocycles. The van der Waals surface area contributed by atoms with Gasteiger partial charge in [-0.2, -0.15) is 9.55 Å². The Bertz CT molecular complexity index is 749. The first-order valence-electron chi connectivity index (χ1n) is 6.95. The molecule has 4 atom stereocenters. The zero-order valence-electron chi connectivity index (χ0n) is 12.2. The minimum absolute atomic E-state index is 0.0132. The monoisotopic (exact) mass is 324 g/mol. The fraction of sp³-hybridized carbons (Fsp3) is 0.500. The lowest BCUT2D eigenvalue weighted by Gasteiger charge is -2.12. The van der Waals surface area contributed by atoms with E-state index >= 15 is 0 Å². The van der Waals surface area contributed by atoms with Crippen molar-refractivity contribution in [2.75, 3.05) is 12.3 Å². The first-order valence-corrected chi connectivity index (χ1v) is 6.95. The lowest BCUT2D eigenvalue weighted by atomic mass is 10.1. The third-order valence-corrected chi connectivity index (χ3v) is 3.65. The van der Waals surface area contributed by atoms with Crippen LogP contribution in [0.5, 0.6) is 0 Å². The topological polar surface area (TPSA) is 162 Å². The number of aliphatic hydroxyl groups excluding tert-OH is 2. The Balaban J connectivity index is 2.00. The molecule has 0 spiro atoms. The van der Waals surface area contributed by atoms with Crippen molar-refractivity contribution in [1.29, 1.82) is 0 Å². The molecule has 0 radical (unpaired) electrons. The van der Waals surface area contributed by atoms with Crippen molar-refractivity contribution >= 4 is 22.9 Å². The first-order chi connectivity index (χ1) is 11.0. The van der Waals surface area contributed by atoms with Gasteiger partial charge in [0.25, 0.3) is 17.9 Å². The number of ether oxygens (including phenoxy) is 1. The van der Waals surface area contributed by atoms with Crippen LogP contribution >= 0.6 is 0 Å². The number of aliphatic hydroxyl groups is 2. The molecule has 23 heavy (non-hydrogen) atoms. The maximum absolute atomic E-state index is 11.9. The predicted octanol–water partition coefficient (Wildman–Crippen LogP) is -2.60. The van der Waals surface area contributed by atoms with Gasteiger partial charge in [-0.3, -0.25) is 4.79 Å². The Morgan fingerprint density at radius 2 is 2.26 bits per heavy atom. The maximum Gasteiger partial charge on any atom is 0.276 e. The summed E-state index contributed by atoms with van der Waals surface area (Å²) in [7, 11) is 0. The molecule has 0 saturated carbocycles. The van der Waals surface area contributed by atoms with Gasteiger partial charge in [-0.05, 0) is 6.92 Å². The highest BCUT2D eigenvalue weighted by Gasteiger charge is 2.50. The van der Waals surface area contributed by atoms with Crippen molar-refractivity contribution in [2.45, 2.75) is 31.5 Å². The molecule has 11 heteroatoms. The second kappa shape index (κ2) is 5.61. The molecule has 0 aromatic carbocycles. The minimum Gasteiger partial charge on any atom is -0.710 e. The quantitative estimate of drug-likeness (QED) is 0.353. The minimum atomic E-state index is -1.44. The number of likely N-dealkylation sites (N-methyl/N-ethyl adjacent to an activating group) is 1. The highest BCUT2D eigenvalue weighted by molar-refractivity contribution is 5.82. The largest absolute Gasteiger partial charge is 0.710 e.